The quantitative estimate of drug-likeness (QED) is 0.938. The number of aromatic amines is 1. The maximum atomic E-state index is 6.11. The molecule has 0 unspecified atom stereocenters. The first-order valence-electron chi connectivity index (χ1n) is 8.08. The molecule has 23 heavy (non-hydrogen) atoms. The number of nitrogens with zero attached hydrogens (tertiary/aromatic N) is 5. The van der Waals surface area contributed by atoms with Crippen molar-refractivity contribution in [3.63, 3.8) is 0 Å². The number of hydrogen-bond acceptors (Lipinski definition) is 5. The Morgan fingerprint density at radius 1 is 1.22 bits per heavy atom. The van der Waals surface area contributed by atoms with Crippen LogP contribution in [0.3, 0.4) is 0 Å². The maximum Gasteiger partial charge on any atom is 0.173 e. The molecule has 0 bridgehead atoms. The Kier molecular flexibility index (Phi) is 4.10. The molecule has 0 radical (unpaired) electrons. The Bertz CT molecular complexity index is 738. The third-order valence-electron chi connectivity index (χ3n) is 4.44. The van der Waals surface area contributed by atoms with E-state index in [1.807, 2.05) is 6.20 Å². The molecule has 0 amide bonds. The fourth-order valence-electron chi connectivity index (χ4n) is 3.16. The van der Waals surface area contributed by atoms with E-state index in [1.165, 1.54) is 18.4 Å². The second-order valence-corrected chi connectivity index (χ2v) is 6.52. The first-order valence-corrected chi connectivity index (χ1v) is 8.46. The fourth-order valence-corrected chi connectivity index (χ4v) is 3.31. The van der Waals surface area contributed by atoms with Gasteiger partial charge in [-0.05, 0) is 19.3 Å². The van der Waals surface area contributed by atoms with Gasteiger partial charge in [0.05, 0.1) is 28.3 Å². The van der Waals surface area contributed by atoms with E-state index < -0.39 is 0 Å². The SMILES string of the molecule is Clc1cn[nH]c1CN1CCc2nc(C3=NCCCC3)ncc2C1. The standard InChI is InChI=1S/C16H19ClN6/c17-12-8-20-22-15(12)10-23-6-4-13-11(9-23)7-19-16(21-13)14-3-1-2-5-18-14/h7-8H,1-6,9-10H2,(H,20,22). The third kappa shape index (κ3) is 3.14. The van der Waals surface area contributed by atoms with Crippen LogP contribution in [0.4, 0.5) is 0 Å². The van der Waals surface area contributed by atoms with E-state index in [-0.39, 0.29) is 0 Å². The average Bonchev–Trinajstić information content (AvgIpc) is 3.00. The second kappa shape index (κ2) is 6.37. The smallest absolute Gasteiger partial charge is 0.173 e. The molecular formula is C16H19ClN6. The molecule has 0 saturated heterocycles. The van der Waals surface area contributed by atoms with Crippen molar-refractivity contribution in [2.75, 3.05) is 13.1 Å². The van der Waals surface area contributed by atoms with Gasteiger partial charge in [-0.25, -0.2) is 9.97 Å². The van der Waals surface area contributed by atoms with E-state index in [9.17, 15) is 0 Å². The highest BCUT2D eigenvalue weighted by atomic mass is 35.5. The van der Waals surface area contributed by atoms with Gasteiger partial charge in [-0.1, -0.05) is 11.6 Å². The van der Waals surface area contributed by atoms with Crippen LogP contribution in [0.25, 0.3) is 0 Å². The highest BCUT2D eigenvalue weighted by Crippen LogP contribution is 2.21. The molecule has 0 spiro atoms. The summed E-state index contributed by atoms with van der Waals surface area (Å²) < 4.78 is 0. The van der Waals surface area contributed by atoms with Crippen LogP contribution >= 0.6 is 11.6 Å². The van der Waals surface area contributed by atoms with Crippen LogP contribution in [0, 0.1) is 0 Å². The number of H-pyrrole nitrogens is 1. The molecule has 2 aromatic rings. The van der Waals surface area contributed by atoms with Crippen LogP contribution in [0.1, 0.15) is 42.0 Å². The molecule has 2 aliphatic heterocycles. The molecule has 4 heterocycles. The van der Waals surface area contributed by atoms with Crippen molar-refractivity contribution in [1.29, 1.82) is 0 Å². The summed E-state index contributed by atoms with van der Waals surface area (Å²) in [6.07, 6.45) is 7.93. The van der Waals surface area contributed by atoms with Gasteiger partial charge in [0, 0.05) is 44.4 Å². The number of aliphatic imine (C=N–C) groups is 1. The number of halogens is 1. The van der Waals surface area contributed by atoms with Crippen LogP contribution in [0.15, 0.2) is 17.4 Å². The lowest BCUT2D eigenvalue weighted by Crippen LogP contribution is -2.31. The highest BCUT2D eigenvalue weighted by molar-refractivity contribution is 6.31. The Balaban J connectivity index is 1.50. The van der Waals surface area contributed by atoms with Crippen LogP contribution in [0.2, 0.25) is 5.02 Å². The van der Waals surface area contributed by atoms with E-state index in [2.05, 4.69) is 25.1 Å². The Morgan fingerprint density at radius 3 is 2.96 bits per heavy atom. The minimum Gasteiger partial charge on any atom is -0.293 e. The normalized spacial score (nSPS) is 18.6. The zero-order valence-electron chi connectivity index (χ0n) is 12.9. The van der Waals surface area contributed by atoms with Crippen LogP contribution in [-0.2, 0) is 19.5 Å². The van der Waals surface area contributed by atoms with Crippen molar-refractivity contribution < 1.29 is 0 Å². The van der Waals surface area contributed by atoms with Crippen LogP contribution < -0.4 is 0 Å². The van der Waals surface area contributed by atoms with Gasteiger partial charge in [0.1, 0.15) is 0 Å². The molecule has 6 nitrogen and oxygen atoms in total. The minimum atomic E-state index is 0.692. The highest BCUT2D eigenvalue weighted by Gasteiger charge is 2.21. The van der Waals surface area contributed by atoms with Gasteiger partial charge < -0.3 is 0 Å². The molecule has 4 rings (SSSR count). The lowest BCUT2D eigenvalue weighted by molar-refractivity contribution is 0.240. The van der Waals surface area contributed by atoms with Crippen LogP contribution in [0.5, 0.6) is 0 Å². The predicted octanol–water partition coefficient (Wildman–Crippen LogP) is 2.38. The van der Waals surface area contributed by atoms with Crippen molar-refractivity contribution in [2.45, 2.75) is 38.8 Å². The van der Waals surface area contributed by atoms with Gasteiger partial charge in [0.2, 0.25) is 0 Å². The number of aromatic nitrogens is 4. The first-order chi connectivity index (χ1) is 11.3. The summed E-state index contributed by atoms with van der Waals surface area (Å²) in [5, 5.41) is 7.62. The topological polar surface area (TPSA) is 70.1 Å². The van der Waals surface area contributed by atoms with Gasteiger partial charge in [-0.2, -0.15) is 5.10 Å². The third-order valence-corrected chi connectivity index (χ3v) is 4.77. The summed E-state index contributed by atoms with van der Waals surface area (Å²) in [4.78, 5) is 16.2. The van der Waals surface area contributed by atoms with E-state index in [4.69, 9.17) is 16.6 Å². The first kappa shape index (κ1) is 14.8. The number of fused-ring (bicyclic) bond motifs is 1. The van der Waals surface area contributed by atoms with Crippen molar-refractivity contribution in [3.8, 4) is 0 Å². The lowest BCUT2D eigenvalue weighted by atomic mass is 10.1. The van der Waals surface area contributed by atoms with Crippen molar-refractivity contribution in [1.82, 2.24) is 25.1 Å². The Labute approximate surface area is 140 Å². The number of rotatable bonds is 3. The van der Waals surface area contributed by atoms with Gasteiger partial charge >= 0.3 is 0 Å². The fraction of sp³-hybridized carbons (Fsp3) is 0.500. The maximum absolute atomic E-state index is 6.11. The van der Waals surface area contributed by atoms with E-state index in [0.717, 1.165) is 61.9 Å². The summed E-state index contributed by atoms with van der Waals surface area (Å²) in [6, 6.07) is 0. The summed E-state index contributed by atoms with van der Waals surface area (Å²) in [6.45, 7) is 3.49. The van der Waals surface area contributed by atoms with Crippen molar-refractivity contribution in [2.24, 2.45) is 4.99 Å². The number of nitrogens with one attached hydrogen (secondary N) is 1. The molecule has 0 fully saturated rings. The second-order valence-electron chi connectivity index (χ2n) is 6.11. The van der Waals surface area contributed by atoms with Crippen molar-refractivity contribution >= 4 is 17.3 Å². The molecule has 0 aromatic carbocycles. The molecule has 120 valence electrons. The molecule has 2 aliphatic rings. The van der Waals surface area contributed by atoms with Gasteiger partial charge in [0.25, 0.3) is 0 Å². The zero-order chi connectivity index (χ0) is 15.6. The van der Waals surface area contributed by atoms with E-state index in [1.54, 1.807) is 6.20 Å². The summed E-state index contributed by atoms with van der Waals surface area (Å²) in [7, 11) is 0. The van der Waals surface area contributed by atoms with Gasteiger partial charge in [-0.15, -0.1) is 0 Å². The molecule has 0 atom stereocenters. The minimum absolute atomic E-state index is 0.692. The van der Waals surface area contributed by atoms with Crippen molar-refractivity contribution in [3.05, 3.63) is 40.2 Å². The van der Waals surface area contributed by atoms with E-state index in [0.29, 0.717) is 5.02 Å². The Hall–Kier alpha value is -1.79. The zero-order valence-corrected chi connectivity index (χ0v) is 13.7. The number of hydrogen-bond donors (Lipinski definition) is 1. The molecular weight excluding hydrogens is 312 g/mol. The van der Waals surface area contributed by atoms with E-state index >= 15 is 0 Å². The monoisotopic (exact) mass is 330 g/mol. The average molecular weight is 331 g/mol. The summed E-state index contributed by atoms with van der Waals surface area (Å²) in [5.74, 6) is 0.827. The molecule has 0 saturated carbocycles. The van der Waals surface area contributed by atoms with Crippen LogP contribution in [-0.4, -0.2) is 43.9 Å². The van der Waals surface area contributed by atoms with Gasteiger partial charge in [-0.3, -0.25) is 15.0 Å². The predicted molar refractivity (Wildman–Crippen MR) is 88.7 cm³/mol. The largest absolute Gasteiger partial charge is 0.293 e. The molecule has 1 N–H and O–H groups in total. The molecule has 2 aromatic heterocycles. The van der Waals surface area contributed by atoms with Gasteiger partial charge in [0.15, 0.2) is 5.82 Å². The molecule has 7 heteroatoms. The lowest BCUT2D eigenvalue weighted by Gasteiger charge is -2.27. The summed E-state index contributed by atoms with van der Waals surface area (Å²) in [5.41, 5.74) is 4.40. The summed E-state index contributed by atoms with van der Waals surface area (Å²) >= 11 is 6.11. The Morgan fingerprint density at radius 2 is 2.17 bits per heavy atom. The molecule has 0 aliphatic carbocycles.